The molecule has 1 amide bonds. The molecule has 1 aromatic rings. The summed E-state index contributed by atoms with van der Waals surface area (Å²) in [5.74, 6) is 5.62. The average molecular weight is 263 g/mol. The van der Waals surface area contributed by atoms with Crippen molar-refractivity contribution in [3.63, 3.8) is 0 Å². The highest BCUT2D eigenvalue weighted by Crippen LogP contribution is 2.16. The standard InChI is InChI=1S/C13H21N5O/c1-2-18-8-4-5-10(18)9-16-13(19)11-6-3-7-15-12(11)17-14/h3,6-7,10H,2,4-5,8-9,14H2,1H3,(H,15,17)(H,16,19). The smallest absolute Gasteiger partial charge is 0.255 e. The SMILES string of the molecule is CCN1CCCC1CNC(=O)c1cccnc1NN. The van der Waals surface area contributed by atoms with Crippen molar-refractivity contribution in [2.45, 2.75) is 25.8 Å². The van der Waals surface area contributed by atoms with Crippen molar-refractivity contribution in [3.05, 3.63) is 23.9 Å². The predicted octanol–water partition coefficient (Wildman–Crippen LogP) is 0.581. The van der Waals surface area contributed by atoms with Crippen LogP contribution < -0.4 is 16.6 Å². The number of nitrogen functional groups attached to an aromatic ring is 1. The third-order valence-electron chi connectivity index (χ3n) is 3.59. The fourth-order valence-electron chi connectivity index (χ4n) is 2.55. The summed E-state index contributed by atoms with van der Waals surface area (Å²) in [7, 11) is 0. The Kier molecular flexibility index (Phi) is 4.70. The molecule has 4 N–H and O–H groups in total. The first-order valence-electron chi connectivity index (χ1n) is 6.70. The number of aromatic nitrogens is 1. The van der Waals surface area contributed by atoms with Crippen LogP contribution in [-0.4, -0.2) is 41.5 Å². The van der Waals surface area contributed by atoms with Crippen molar-refractivity contribution < 1.29 is 4.79 Å². The minimum absolute atomic E-state index is 0.135. The van der Waals surface area contributed by atoms with Gasteiger partial charge in [-0.1, -0.05) is 6.92 Å². The minimum Gasteiger partial charge on any atom is -0.350 e. The van der Waals surface area contributed by atoms with Crippen molar-refractivity contribution in [3.8, 4) is 0 Å². The van der Waals surface area contributed by atoms with Gasteiger partial charge in [-0.15, -0.1) is 0 Å². The van der Waals surface area contributed by atoms with Crippen LogP contribution in [0.2, 0.25) is 0 Å². The van der Waals surface area contributed by atoms with Crippen LogP contribution in [0, 0.1) is 0 Å². The Morgan fingerprint density at radius 2 is 2.47 bits per heavy atom. The van der Waals surface area contributed by atoms with E-state index in [0.717, 1.165) is 19.5 Å². The number of hydrogen-bond acceptors (Lipinski definition) is 5. The van der Waals surface area contributed by atoms with Crippen molar-refractivity contribution in [1.29, 1.82) is 0 Å². The molecule has 0 aromatic carbocycles. The zero-order chi connectivity index (χ0) is 13.7. The van der Waals surface area contributed by atoms with Crippen molar-refractivity contribution in [2.75, 3.05) is 25.1 Å². The number of pyridine rings is 1. The van der Waals surface area contributed by atoms with Gasteiger partial charge in [0.25, 0.3) is 5.91 Å². The van der Waals surface area contributed by atoms with E-state index in [-0.39, 0.29) is 5.91 Å². The summed E-state index contributed by atoms with van der Waals surface area (Å²) in [6.45, 7) is 4.98. The van der Waals surface area contributed by atoms with Gasteiger partial charge >= 0.3 is 0 Å². The van der Waals surface area contributed by atoms with E-state index in [0.29, 0.717) is 24.0 Å². The molecule has 104 valence electrons. The molecule has 0 spiro atoms. The van der Waals surface area contributed by atoms with E-state index in [1.54, 1.807) is 18.3 Å². The van der Waals surface area contributed by atoms with Crippen LogP contribution in [0.4, 0.5) is 5.82 Å². The Labute approximate surface area is 113 Å². The maximum Gasteiger partial charge on any atom is 0.255 e. The number of carbonyl (C=O) groups is 1. The highest BCUT2D eigenvalue weighted by atomic mass is 16.1. The van der Waals surface area contributed by atoms with Gasteiger partial charge in [0.05, 0.1) is 5.56 Å². The molecule has 6 nitrogen and oxygen atoms in total. The van der Waals surface area contributed by atoms with Crippen LogP contribution in [-0.2, 0) is 0 Å². The molecule has 2 rings (SSSR count). The summed E-state index contributed by atoms with van der Waals surface area (Å²) in [6, 6.07) is 3.88. The maximum atomic E-state index is 12.1. The highest BCUT2D eigenvalue weighted by Gasteiger charge is 2.23. The van der Waals surface area contributed by atoms with E-state index < -0.39 is 0 Å². The van der Waals surface area contributed by atoms with Gasteiger partial charge in [0.15, 0.2) is 5.82 Å². The van der Waals surface area contributed by atoms with Crippen LogP contribution in [0.1, 0.15) is 30.1 Å². The second-order valence-corrected chi connectivity index (χ2v) is 4.68. The number of hydrazine groups is 1. The lowest BCUT2D eigenvalue weighted by Gasteiger charge is -2.23. The van der Waals surface area contributed by atoms with Gasteiger partial charge in [-0.25, -0.2) is 10.8 Å². The first kappa shape index (κ1) is 13.8. The molecule has 19 heavy (non-hydrogen) atoms. The minimum atomic E-state index is -0.135. The quantitative estimate of drug-likeness (QED) is 0.535. The van der Waals surface area contributed by atoms with Gasteiger partial charge in [-0.2, -0.15) is 0 Å². The Balaban J connectivity index is 1.94. The first-order valence-corrected chi connectivity index (χ1v) is 6.70. The topological polar surface area (TPSA) is 83.3 Å². The molecule has 1 aromatic heterocycles. The zero-order valence-electron chi connectivity index (χ0n) is 11.2. The van der Waals surface area contributed by atoms with E-state index in [9.17, 15) is 4.79 Å². The third kappa shape index (κ3) is 3.21. The van der Waals surface area contributed by atoms with Crippen LogP contribution in [0.5, 0.6) is 0 Å². The van der Waals surface area contributed by atoms with E-state index in [2.05, 4.69) is 27.6 Å². The summed E-state index contributed by atoms with van der Waals surface area (Å²) in [5.41, 5.74) is 2.92. The van der Waals surface area contributed by atoms with Crippen molar-refractivity contribution in [1.82, 2.24) is 15.2 Å². The largest absolute Gasteiger partial charge is 0.350 e. The fraction of sp³-hybridized carbons (Fsp3) is 0.538. The summed E-state index contributed by atoms with van der Waals surface area (Å²) < 4.78 is 0. The molecule has 1 aliphatic rings. The molecule has 1 saturated heterocycles. The molecule has 1 aliphatic heterocycles. The second kappa shape index (κ2) is 6.49. The Morgan fingerprint density at radius 1 is 1.63 bits per heavy atom. The van der Waals surface area contributed by atoms with Gasteiger partial charge in [0, 0.05) is 18.8 Å². The number of amides is 1. The normalized spacial score (nSPS) is 19.4. The number of nitrogens with two attached hydrogens (primary N) is 1. The Hall–Kier alpha value is -1.66. The van der Waals surface area contributed by atoms with Crippen LogP contribution >= 0.6 is 0 Å². The van der Waals surface area contributed by atoms with Gasteiger partial charge in [0.2, 0.25) is 0 Å². The molecule has 2 heterocycles. The number of anilines is 1. The Morgan fingerprint density at radius 3 is 3.21 bits per heavy atom. The third-order valence-corrected chi connectivity index (χ3v) is 3.59. The fourth-order valence-corrected chi connectivity index (χ4v) is 2.55. The molecule has 1 fully saturated rings. The Bertz CT molecular complexity index is 437. The lowest BCUT2D eigenvalue weighted by atomic mass is 10.2. The van der Waals surface area contributed by atoms with Crippen LogP contribution in [0.3, 0.4) is 0 Å². The predicted molar refractivity (Wildman–Crippen MR) is 74.6 cm³/mol. The van der Waals surface area contributed by atoms with Crippen LogP contribution in [0.25, 0.3) is 0 Å². The van der Waals surface area contributed by atoms with E-state index in [4.69, 9.17) is 5.84 Å². The van der Waals surface area contributed by atoms with Gasteiger partial charge < -0.3 is 10.7 Å². The molecule has 0 radical (unpaired) electrons. The summed E-state index contributed by atoms with van der Waals surface area (Å²) in [6.07, 6.45) is 3.95. The molecular weight excluding hydrogens is 242 g/mol. The molecule has 0 aliphatic carbocycles. The molecule has 6 heteroatoms. The highest BCUT2D eigenvalue weighted by molar-refractivity contribution is 5.98. The van der Waals surface area contributed by atoms with Gasteiger partial charge in [-0.3, -0.25) is 9.69 Å². The lowest BCUT2D eigenvalue weighted by molar-refractivity contribution is 0.0942. The summed E-state index contributed by atoms with van der Waals surface area (Å²) in [4.78, 5) is 18.5. The van der Waals surface area contributed by atoms with E-state index in [1.165, 1.54) is 6.42 Å². The number of nitrogens with zero attached hydrogens (tertiary/aromatic N) is 2. The number of rotatable bonds is 5. The zero-order valence-corrected chi connectivity index (χ0v) is 11.2. The monoisotopic (exact) mass is 263 g/mol. The van der Waals surface area contributed by atoms with Crippen molar-refractivity contribution >= 4 is 11.7 Å². The first-order chi connectivity index (χ1) is 9.26. The number of carbonyl (C=O) groups excluding carboxylic acids is 1. The average Bonchev–Trinajstić information content (AvgIpc) is 2.92. The number of hydrogen-bond donors (Lipinski definition) is 3. The van der Waals surface area contributed by atoms with Gasteiger partial charge in [0.1, 0.15) is 0 Å². The van der Waals surface area contributed by atoms with Gasteiger partial charge in [-0.05, 0) is 38.1 Å². The maximum absolute atomic E-state index is 12.1. The number of likely N-dealkylation sites (N-methyl/N-ethyl adjacent to an activating group) is 1. The van der Waals surface area contributed by atoms with E-state index >= 15 is 0 Å². The van der Waals surface area contributed by atoms with Crippen molar-refractivity contribution in [2.24, 2.45) is 5.84 Å². The molecule has 0 saturated carbocycles. The number of nitrogens with one attached hydrogen (secondary N) is 2. The molecule has 1 atom stereocenters. The lowest BCUT2D eigenvalue weighted by Crippen LogP contribution is -2.40. The molecular formula is C13H21N5O. The van der Waals surface area contributed by atoms with Crippen LogP contribution in [0.15, 0.2) is 18.3 Å². The number of likely N-dealkylation sites (tertiary alicyclic amines) is 1. The molecule has 1 unspecified atom stereocenters. The molecule has 0 bridgehead atoms. The summed E-state index contributed by atoms with van der Waals surface area (Å²) in [5, 5.41) is 2.96. The van der Waals surface area contributed by atoms with E-state index in [1.807, 2.05) is 0 Å². The second-order valence-electron chi connectivity index (χ2n) is 4.68. The summed E-state index contributed by atoms with van der Waals surface area (Å²) >= 11 is 0.